The van der Waals surface area contributed by atoms with Crippen molar-refractivity contribution in [3.63, 3.8) is 0 Å². The highest BCUT2D eigenvalue weighted by Crippen LogP contribution is 2.07. The quantitative estimate of drug-likeness (QED) is 0.477. The third-order valence-corrected chi connectivity index (χ3v) is 3.39. The summed E-state index contributed by atoms with van der Waals surface area (Å²) in [5.74, 6) is -0.729. The SMILES string of the molecule is CNC(=O)[C@H](Cn1cccn1)NC(=O)N(O)C(=O)CCCC(C)C. The molecule has 3 N–H and O–H groups in total. The molecule has 9 nitrogen and oxygen atoms in total. The maximum Gasteiger partial charge on any atom is 0.349 e. The Bertz CT molecular complexity index is 544. The Kier molecular flexibility index (Phi) is 7.90. The molecule has 0 fully saturated rings. The monoisotopic (exact) mass is 339 g/mol. The summed E-state index contributed by atoms with van der Waals surface area (Å²) in [5, 5.41) is 18.4. The molecule has 1 aromatic heterocycles. The smallest absolute Gasteiger partial charge is 0.349 e. The van der Waals surface area contributed by atoms with Gasteiger partial charge in [0.25, 0.3) is 5.91 Å². The number of urea groups is 1. The molecular formula is C15H25N5O4. The van der Waals surface area contributed by atoms with Gasteiger partial charge in [-0.2, -0.15) is 5.10 Å². The second-order valence-electron chi connectivity index (χ2n) is 5.84. The van der Waals surface area contributed by atoms with Gasteiger partial charge in [0.05, 0.1) is 6.54 Å². The van der Waals surface area contributed by atoms with Gasteiger partial charge < -0.3 is 10.6 Å². The molecule has 1 aromatic rings. The number of nitrogens with one attached hydrogen (secondary N) is 2. The van der Waals surface area contributed by atoms with E-state index in [9.17, 15) is 19.6 Å². The van der Waals surface area contributed by atoms with Crippen molar-refractivity contribution in [3.8, 4) is 0 Å². The number of nitrogens with zero attached hydrogens (tertiary/aromatic N) is 3. The summed E-state index contributed by atoms with van der Waals surface area (Å²) in [5.41, 5.74) is 0. The normalized spacial score (nSPS) is 11.9. The molecule has 134 valence electrons. The maximum atomic E-state index is 12.0. The van der Waals surface area contributed by atoms with E-state index < -0.39 is 23.9 Å². The standard InChI is InChI=1S/C15H25N5O4/c1-11(2)6-4-7-13(21)20(24)15(23)18-12(14(22)16-3)10-19-9-5-8-17-19/h5,8-9,11-12,24H,4,6-7,10H2,1-3H3,(H,16,22)(H,18,23)/t12-/m0/s1. The van der Waals surface area contributed by atoms with Crippen LogP contribution in [0.15, 0.2) is 18.5 Å². The minimum absolute atomic E-state index is 0.0271. The zero-order valence-electron chi connectivity index (χ0n) is 14.2. The third kappa shape index (κ3) is 6.37. The molecule has 24 heavy (non-hydrogen) atoms. The van der Waals surface area contributed by atoms with E-state index in [-0.39, 0.29) is 18.0 Å². The lowest BCUT2D eigenvalue weighted by molar-refractivity contribution is -0.153. The summed E-state index contributed by atoms with van der Waals surface area (Å²) < 4.78 is 1.46. The third-order valence-electron chi connectivity index (χ3n) is 3.39. The van der Waals surface area contributed by atoms with Gasteiger partial charge >= 0.3 is 6.03 Å². The Morgan fingerprint density at radius 1 is 1.33 bits per heavy atom. The highest BCUT2D eigenvalue weighted by Gasteiger charge is 2.26. The molecule has 0 aliphatic carbocycles. The average molecular weight is 339 g/mol. The van der Waals surface area contributed by atoms with Crippen LogP contribution in [0.5, 0.6) is 0 Å². The molecule has 1 atom stereocenters. The van der Waals surface area contributed by atoms with Crippen LogP contribution in [0.4, 0.5) is 4.79 Å². The summed E-state index contributed by atoms with van der Waals surface area (Å²) in [6.07, 6.45) is 4.63. The molecule has 0 aliphatic rings. The van der Waals surface area contributed by atoms with Crippen molar-refractivity contribution in [3.05, 3.63) is 18.5 Å². The van der Waals surface area contributed by atoms with Crippen LogP contribution in [0.2, 0.25) is 0 Å². The van der Waals surface area contributed by atoms with Crippen molar-refractivity contribution >= 4 is 17.8 Å². The van der Waals surface area contributed by atoms with E-state index >= 15 is 0 Å². The van der Waals surface area contributed by atoms with E-state index in [0.717, 1.165) is 6.42 Å². The largest absolute Gasteiger partial charge is 0.357 e. The van der Waals surface area contributed by atoms with Gasteiger partial charge in [0.2, 0.25) is 5.91 Å². The Hall–Kier alpha value is -2.42. The van der Waals surface area contributed by atoms with Gasteiger partial charge in [0.1, 0.15) is 6.04 Å². The molecule has 1 rings (SSSR count). The number of hydrogen-bond donors (Lipinski definition) is 3. The van der Waals surface area contributed by atoms with Crippen molar-refractivity contribution in [2.75, 3.05) is 7.05 Å². The van der Waals surface area contributed by atoms with Crippen molar-refractivity contribution in [2.45, 2.75) is 45.7 Å². The molecule has 0 radical (unpaired) electrons. The zero-order valence-corrected chi connectivity index (χ0v) is 14.2. The summed E-state index contributed by atoms with van der Waals surface area (Å²) in [4.78, 5) is 35.6. The van der Waals surface area contributed by atoms with Crippen LogP contribution in [0.1, 0.15) is 33.1 Å². The fourth-order valence-electron chi connectivity index (χ4n) is 2.05. The molecule has 0 bridgehead atoms. The van der Waals surface area contributed by atoms with Gasteiger partial charge in [-0.15, -0.1) is 5.06 Å². The Labute approximate surface area is 141 Å². The van der Waals surface area contributed by atoms with E-state index in [1.54, 1.807) is 18.5 Å². The van der Waals surface area contributed by atoms with Crippen LogP contribution in [-0.4, -0.2) is 51.0 Å². The molecule has 0 spiro atoms. The molecule has 1 heterocycles. The van der Waals surface area contributed by atoms with Gasteiger partial charge in [0, 0.05) is 25.9 Å². The van der Waals surface area contributed by atoms with Crippen molar-refractivity contribution in [2.24, 2.45) is 5.92 Å². The number of carbonyl (C=O) groups is 3. The van der Waals surface area contributed by atoms with Gasteiger partial charge in [0.15, 0.2) is 0 Å². The van der Waals surface area contributed by atoms with Gasteiger partial charge in [-0.05, 0) is 18.4 Å². The molecule has 0 aliphatic heterocycles. The summed E-state index contributed by atoms with van der Waals surface area (Å²) in [6.45, 7) is 4.13. The summed E-state index contributed by atoms with van der Waals surface area (Å²) in [7, 11) is 1.43. The fourth-order valence-corrected chi connectivity index (χ4v) is 2.05. The lowest BCUT2D eigenvalue weighted by Gasteiger charge is -2.20. The maximum absolute atomic E-state index is 12.0. The minimum atomic E-state index is -1.04. The predicted molar refractivity (Wildman–Crippen MR) is 85.9 cm³/mol. The number of imide groups is 1. The van der Waals surface area contributed by atoms with Crippen molar-refractivity contribution in [1.29, 1.82) is 0 Å². The highest BCUT2D eigenvalue weighted by atomic mass is 16.5. The number of rotatable bonds is 8. The highest BCUT2D eigenvalue weighted by molar-refractivity contribution is 5.95. The topological polar surface area (TPSA) is 117 Å². The zero-order chi connectivity index (χ0) is 18.1. The number of amides is 4. The van der Waals surface area contributed by atoms with Crippen LogP contribution < -0.4 is 10.6 Å². The first-order valence-corrected chi connectivity index (χ1v) is 7.86. The average Bonchev–Trinajstić information content (AvgIpc) is 3.05. The van der Waals surface area contributed by atoms with E-state index in [2.05, 4.69) is 15.7 Å². The lowest BCUT2D eigenvalue weighted by atomic mass is 10.1. The number of likely N-dealkylation sites (N-methyl/N-ethyl adjacent to an activating group) is 1. The molecule has 4 amide bonds. The molecular weight excluding hydrogens is 314 g/mol. The van der Waals surface area contributed by atoms with E-state index in [1.807, 2.05) is 13.8 Å². The molecule has 0 unspecified atom stereocenters. The second-order valence-corrected chi connectivity index (χ2v) is 5.84. The summed E-state index contributed by atoms with van der Waals surface area (Å²) in [6, 6.07) is -0.329. The van der Waals surface area contributed by atoms with Crippen LogP contribution in [0, 0.1) is 5.92 Å². The Balaban J connectivity index is 2.59. The number of hydroxylamine groups is 2. The van der Waals surface area contributed by atoms with Crippen LogP contribution in [-0.2, 0) is 16.1 Å². The first-order valence-electron chi connectivity index (χ1n) is 7.86. The number of hydrogen-bond acceptors (Lipinski definition) is 5. The second kappa shape index (κ2) is 9.66. The van der Waals surface area contributed by atoms with E-state index in [1.165, 1.54) is 11.7 Å². The first kappa shape index (κ1) is 19.6. The van der Waals surface area contributed by atoms with E-state index in [0.29, 0.717) is 12.3 Å². The lowest BCUT2D eigenvalue weighted by Crippen LogP contribution is -2.52. The molecule has 0 saturated carbocycles. The van der Waals surface area contributed by atoms with Crippen LogP contribution >= 0.6 is 0 Å². The van der Waals surface area contributed by atoms with Crippen molar-refractivity contribution < 1.29 is 19.6 Å². The van der Waals surface area contributed by atoms with Gasteiger partial charge in [-0.25, -0.2) is 4.79 Å². The minimum Gasteiger partial charge on any atom is -0.357 e. The molecule has 9 heteroatoms. The predicted octanol–water partition coefficient (Wildman–Crippen LogP) is 0.751. The molecule has 0 aromatic carbocycles. The Morgan fingerprint density at radius 2 is 2.04 bits per heavy atom. The first-order chi connectivity index (χ1) is 11.3. The number of aromatic nitrogens is 2. The van der Waals surface area contributed by atoms with E-state index in [4.69, 9.17) is 0 Å². The molecule has 0 saturated heterocycles. The van der Waals surface area contributed by atoms with Gasteiger partial charge in [-0.3, -0.25) is 19.5 Å². The summed E-state index contributed by atoms with van der Waals surface area (Å²) >= 11 is 0. The van der Waals surface area contributed by atoms with Gasteiger partial charge in [-0.1, -0.05) is 20.3 Å². The Morgan fingerprint density at radius 3 is 2.58 bits per heavy atom. The van der Waals surface area contributed by atoms with Crippen LogP contribution in [0.3, 0.4) is 0 Å². The fraction of sp³-hybridized carbons (Fsp3) is 0.600. The van der Waals surface area contributed by atoms with Crippen molar-refractivity contribution in [1.82, 2.24) is 25.5 Å². The van der Waals surface area contributed by atoms with Crippen LogP contribution in [0.25, 0.3) is 0 Å². The number of carbonyl (C=O) groups excluding carboxylic acids is 3.